The Labute approximate surface area is 120 Å². The van der Waals surface area contributed by atoms with Crippen LogP contribution < -0.4 is 15.4 Å². The van der Waals surface area contributed by atoms with Crippen molar-refractivity contribution >= 4 is 5.91 Å². The first kappa shape index (κ1) is 16.5. The Bertz CT molecular complexity index is 415. The Hall–Kier alpha value is -1.59. The lowest BCUT2D eigenvalue weighted by atomic mass is 10.1. The average Bonchev–Trinajstić information content (AvgIpc) is 2.42. The second kappa shape index (κ2) is 8.55. The van der Waals surface area contributed by atoms with E-state index < -0.39 is 6.10 Å². The van der Waals surface area contributed by atoms with Crippen molar-refractivity contribution in [3.05, 3.63) is 29.3 Å². The van der Waals surface area contributed by atoms with Gasteiger partial charge in [-0.2, -0.15) is 0 Å². The number of hydrogen-bond donors (Lipinski definition) is 3. The molecule has 112 valence electrons. The van der Waals surface area contributed by atoms with E-state index in [1.54, 1.807) is 7.05 Å². The molecule has 1 amide bonds. The van der Waals surface area contributed by atoms with Gasteiger partial charge in [0.25, 0.3) is 0 Å². The lowest BCUT2D eigenvalue weighted by Gasteiger charge is -2.16. The fourth-order valence-electron chi connectivity index (χ4n) is 1.86. The lowest BCUT2D eigenvalue weighted by Crippen LogP contribution is -2.33. The molecular weight excluding hydrogens is 256 g/mol. The van der Waals surface area contributed by atoms with E-state index in [-0.39, 0.29) is 12.5 Å². The molecule has 1 rings (SSSR count). The molecule has 0 saturated carbocycles. The van der Waals surface area contributed by atoms with E-state index in [1.807, 2.05) is 32.0 Å². The number of rotatable bonds is 8. The molecule has 0 saturated heterocycles. The summed E-state index contributed by atoms with van der Waals surface area (Å²) in [5.41, 5.74) is 2.12. The Kier molecular flexibility index (Phi) is 7.04. The van der Waals surface area contributed by atoms with Crippen molar-refractivity contribution in [3.8, 4) is 5.75 Å². The number of nitrogens with one attached hydrogen (secondary N) is 2. The second-order valence-corrected chi connectivity index (χ2v) is 4.81. The normalized spacial score (nSPS) is 12.0. The van der Waals surface area contributed by atoms with Crippen LogP contribution in [0.4, 0.5) is 0 Å². The lowest BCUT2D eigenvalue weighted by molar-refractivity contribution is -0.120. The number of carbonyl (C=O) groups excluding carboxylic acids is 1. The molecule has 3 N–H and O–H groups in total. The van der Waals surface area contributed by atoms with Gasteiger partial charge in [-0.15, -0.1) is 0 Å². The van der Waals surface area contributed by atoms with Gasteiger partial charge in [-0.25, -0.2) is 0 Å². The standard InChI is InChI=1S/C15H24N2O3/c1-11-5-4-6-12(2)15(11)20-10-13(18)9-17-8-7-14(19)16-3/h4-6,13,17-18H,7-10H2,1-3H3,(H,16,19). The number of hydrogen-bond acceptors (Lipinski definition) is 4. The molecule has 0 bridgehead atoms. The maximum atomic E-state index is 11.0. The van der Waals surface area contributed by atoms with Crippen molar-refractivity contribution in [1.82, 2.24) is 10.6 Å². The molecule has 0 aliphatic heterocycles. The highest BCUT2D eigenvalue weighted by molar-refractivity contribution is 5.75. The van der Waals surface area contributed by atoms with Crippen LogP contribution in [0.25, 0.3) is 0 Å². The molecule has 0 aliphatic rings. The zero-order valence-corrected chi connectivity index (χ0v) is 12.4. The number of ether oxygens (including phenoxy) is 1. The van der Waals surface area contributed by atoms with E-state index >= 15 is 0 Å². The monoisotopic (exact) mass is 280 g/mol. The van der Waals surface area contributed by atoms with Crippen LogP contribution in [0.1, 0.15) is 17.5 Å². The quantitative estimate of drug-likeness (QED) is 0.615. The highest BCUT2D eigenvalue weighted by Crippen LogP contribution is 2.22. The summed E-state index contributed by atoms with van der Waals surface area (Å²) in [7, 11) is 1.61. The van der Waals surface area contributed by atoms with Crippen molar-refractivity contribution in [2.45, 2.75) is 26.4 Å². The van der Waals surface area contributed by atoms with Crippen molar-refractivity contribution in [1.29, 1.82) is 0 Å². The maximum absolute atomic E-state index is 11.0. The first-order chi connectivity index (χ1) is 9.54. The van der Waals surface area contributed by atoms with Crippen LogP contribution in [-0.4, -0.2) is 43.9 Å². The molecule has 0 heterocycles. The minimum absolute atomic E-state index is 0.0150. The number of aliphatic hydroxyl groups is 1. The van der Waals surface area contributed by atoms with Gasteiger partial charge in [0.05, 0.1) is 0 Å². The van der Waals surface area contributed by atoms with Crippen molar-refractivity contribution < 1.29 is 14.6 Å². The third-order valence-electron chi connectivity index (χ3n) is 3.02. The predicted octanol–water partition coefficient (Wildman–Crippen LogP) is 0.769. The zero-order chi connectivity index (χ0) is 15.0. The zero-order valence-electron chi connectivity index (χ0n) is 12.4. The van der Waals surface area contributed by atoms with Crippen LogP contribution in [0.3, 0.4) is 0 Å². The average molecular weight is 280 g/mol. The molecule has 1 atom stereocenters. The number of aliphatic hydroxyl groups excluding tert-OH is 1. The summed E-state index contributed by atoms with van der Waals surface area (Å²) in [5, 5.41) is 15.4. The summed E-state index contributed by atoms with van der Waals surface area (Å²) < 4.78 is 5.66. The van der Waals surface area contributed by atoms with Crippen LogP contribution >= 0.6 is 0 Å². The molecule has 0 aromatic heterocycles. The van der Waals surface area contributed by atoms with Crippen molar-refractivity contribution in [2.75, 3.05) is 26.7 Å². The predicted molar refractivity (Wildman–Crippen MR) is 79.0 cm³/mol. The van der Waals surface area contributed by atoms with E-state index in [0.29, 0.717) is 19.5 Å². The Morgan fingerprint density at radius 1 is 1.35 bits per heavy atom. The third kappa shape index (κ3) is 5.59. The van der Waals surface area contributed by atoms with Gasteiger partial charge in [0.2, 0.25) is 5.91 Å². The molecular formula is C15H24N2O3. The first-order valence-electron chi connectivity index (χ1n) is 6.83. The Morgan fingerprint density at radius 3 is 2.60 bits per heavy atom. The smallest absolute Gasteiger partial charge is 0.221 e. The van der Waals surface area contributed by atoms with Crippen LogP contribution in [0.5, 0.6) is 5.75 Å². The summed E-state index contributed by atoms with van der Waals surface area (Å²) in [4.78, 5) is 11.0. The van der Waals surface area contributed by atoms with Crippen LogP contribution in [0.2, 0.25) is 0 Å². The molecule has 5 heteroatoms. The minimum Gasteiger partial charge on any atom is -0.490 e. The van der Waals surface area contributed by atoms with Crippen molar-refractivity contribution in [3.63, 3.8) is 0 Å². The Morgan fingerprint density at radius 2 is 2.00 bits per heavy atom. The summed E-state index contributed by atoms with van der Waals surface area (Å²) in [6.07, 6.45) is -0.195. The highest BCUT2D eigenvalue weighted by atomic mass is 16.5. The van der Waals surface area contributed by atoms with Crippen LogP contribution in [0, 0.1) is 13.8 Å². The van der Waals surface area contributed by atoms with Gasteiger partial charge in [0, 0.05) is 26.6 Å². The van der Waals surface area contributed by atoms with E-state index in [9.17, 15) is 9.90 Å². The van der Waals surface area contributed by atoms with E-state index in [4.69, 9.17) is 4.74 Å². The summed E-state index contributed by atoms with van der Waals surface area (Å²) in [5.74, 6) is 0.815. The number of para-hydroxylation sites is 1. The third-order valence-corrected chi connectivity index (χ3v) is 3.02. The molecule has 0 spiro atoms. The molecule has 5 nitrogen and oxygen atoms in total. The van der Waals surface area contributed by atoms with Gasteiger partial charge in [0.15, 0.2) is 0 Å². The minimum atomic E-state index is -0.598. The molecule has 0 aliphatic carbocycles. The molecule has 20 heavy (non-hydrogen) atoms. The summed E-state index contributed by atoms with van der Waals surface area (Å²) >= 11 is 0. The highest BCUT2D eigenvalue weighted by Gasteiger charge is 2.08. The van der Waals surface area contributed by atoms with Gasteiger partial charge in [-0.05, 0) is 25.0 Å². The van der Waals surface area contributed by atoms with Gasteiger partial charge < -0.3 is 20.5 Å². The second-order valence-electron chi connectivity index (χ2n) is 4.81. The van der Waals surface area contributed by atoms with Gasteiger partial charge in [-0.1, -0.05) is 18.2 Å². The number of aryl methyl sites for hydroxylation is 2. The number of amides is 1. The van der Waals surface area contributed by atoms with Gasteiger partial charge in [-0.3, -0.25) is 4.79 Å². The first-order valence-corrected chi connectivity index (χ1v) is 6.83. The molecule has 1 unspecified atom stereocenters. The summed E-state index contributed by atoms with van der Waals surface area (Å²) in [6.45, 7) is 5.15. The van der Waals surface area contributed by atoms with Crippen LogP contribution in [0.15, 0.2) is 18.2 Å². The largest absolute Gasteiger partial charge is 0.490 e. The number of benzene rings is 1. The van der Waals surface area contributed by atoms with Crippen molar-refractivity contribution in [2.24, 2.45) is 0 Å². The van der Waals surface area contributed by atoms with E-state index in [1.165, 1.54) is 0 Å². The van der Waals surface area contributed by atoms with Gasteiger partial charge >= 0.3 is 0 Å². The fraction of sp³-hybridized carbons (Fsp3) is 0.533. The Balaban J connectivity index is 2.26. The molecule has 1 aromatic rings. The van der Waals surface area contributed by atoms with E-state index in [2.05, 4.69) is 10.6 Å². The summed E-state index contributed by atoms with van der Waals surface area (Å²) in [6, 6.07) is 5.95. The molecule has 1 aromatic carbocycles. The van der Waals surface area contributed by atoms with Crippen LogP contribution in [-0.2, 0) is 4.79 Å². The maximum Gasteiger partial charge on any atom is 0.221 e. The number of carbonyl (C=O) groups is 1. The van der Waals surface area contributed by atoms with Gasteiger partial charge in [0.1, 0.15) is 18.5 Å². The van der Waals surface area contributed by atoms with E-state index in [0.717, 1.165) is 16.9 Å². The molecule has 0 fully saturated rings. The topological polar surface area (TPSA) is 70.6 Å². The fourth-order valence-corrected chi connectivity index (χ4v) is 1.86. The molecule has 0 radical (unpaired) electrons. The SMILES string of the molecule is CNC(=O)CCNCC(O)COc1c(C)cccc1C.